The molecule has 17 heavy (non-hydrogen) atoms. The summed E-state index contributed by atoms with van der Waals surface area (Å²) in [6.07, 6.45) is 0.745. The molecule has 0 radical (unpaired) electrons. The molecule has 0 fully saturated rings. The average Bonchev–Trinajstić information content (AvgIpc) is 2.73. The summed E-state index contributed by atoms with van der Waals surface area (Å²) in [6.45, 7) is 0.414. The maximum absolute atomic E-state index is 10.5. The molecule has 0 aliphatic carbocycles. The Morgan fingerprint density at radius 1 is 1.24 bits per heavy atom. The van der Waals surface area contributed by atoms with E-state index in [1.54, 1.807) is 18.2 Å². The fourth-order valence-corrected chi connectivity index (χ4v) is 2.53. The van der Waals surface area contributed by atoms with Gasteiger partial charge in [0, 0.05) is 10.4 Å². The molecule has 2 aromatic rings. The maximum Gasteiger partial charge on any atom is 0.150 e. The molecule has 0 aliphatic heterocycles. The predicted molar refractivity (Wildman–Crippen MR) is 70.5 cm³/mol. The van der Waals surface area contributed by atoms with Crippen LogP contribution in [0.4, 0.5) is 0 Å². The van der Waals surface area contributed by atoms with Crippen LogP contribution in [0, 0.1) is 0 Å². The second-order valence-corrected chi connectivity index (χ2v) is 5.51. The summed E-state index contributed by atoms with van der Waals surface area (Å²) in [7, 11) is 0. The molecule has 0 unspecified atom stereocenters. The molecule has 0 aliphatic rings. The monoisotopic (exact) mass is 286 g/mol. The standard InChI is InChI=1S/C12H8Cl2O2S/c13-10-5-8(6-15)1-3-11(10)16-7-9-2-4-12(14)17-9/h1-6H,7H2. The maximum atomic E-state index is 10.5. The fraction of sp³-hybridized carbons (Fsp3) is 0.0833. The molecule has 0 amide bonds. The van der Waals surface area contributed by atoms with Crippen molar-refractivity contribution in [3.63, 3.8) is 0 Å². The highest BCUT2D eigenvalue weighted by molar-refractivity contribution is 7.16. The molecule has 2 nitrogen and oxygen atoms in total. The van der Waals surface area contributed by atoms with Crippen LogP contribution in [0.5, 0.6) is 5.75 Å². The Morgan fingerprint density at radius 2 is 2.06 bits per heavy atom. The van der Waals surface area contributed by atoms with Gasteiger partial charge in [0.2, 0.25) is 0 Å². The van der Waals surface area contributed by atoms with Gasteiger partial charge in [-0.15, -0.1) is 11.3 Å². The summed E-state index contributed by atoms with van der Waals surface area (Å²) in [5, 5.41) is 0.428. The van der Waals surface area contributed by atoms with Gasteiger partial charge in [0.15, 0.2) is 0 Å². The SMILES string of the molecule is O=Cc1ccc(OCc2ccc(Cl)s2)c(Cl)c1. The van der Waals surface area contributed by atoms with Crippen molar-refractivity contribution >= 4 is 40.8 Å². The highest BCUT2D eigenvalue weighted by atomic mass is 35.5. The molecule has 1 aromatic heterocycles. The molecule has 2 rings (SSSR count). The molecule has 0 spiro atoms. The van der Waals surface area contributed by atoms with E-state index >= 15 is 0 Å². The zero-order valence-corrected chi connectivity index (χ0v) is 11.0. The molecule has 5 heteroatoms. The number of ether oxygens (including phenoxy) is 1. The van der Waals surface area contributed by atoms with Crippen LogP contribution in [0.3, 0.4) is 0 Å². The number of thiophene rings is 1. The van der Waals surface area contributed by atoms with E-state index < -0.39 is 0 Å². The minimum Gasteiger partial charge on any atom is -0.487 e. The number of carbonyl (C=O) groups is 1. The van der Waals surface area contributed by atoms with Gasteiger partial charge in [-0.1, -0.05) is 23.2 Å². The lowest BCUT2D eigenvalue weighted by molar-refractivity contribution is 0.112. The number of hydrogen-bond acceptors (Lipinski definition) is 3. The number of carbonyl (C=O) groups excluding carboxylic acids is 1. The normalized spacial score (nSPS) is 10.2. The van der Waals surface area contributed by atoms with Crippen LogP contribution in [0.25, 0.3) is 0 Å². The van der Waals surface area contributed by atoms with Gasteiger partial charge in [-0.05, 0) is 30.3 Å². The molecule has 0 atom stereocenters. The predicted octanol–water partition coefficient (Wildman–Crippen LogP) is 4.45. The van der Waals surface area contributed by atoms with Crippen molar-refractivity contribution < 1.29 is 9.53 Å². The molecule has 0 bridgehead atoms. The Morgan fingerprint density at radius 3 is 2.65 bits per heavy atom. The summed E-state index contributed by atoms with van der Waals surface area (Å²) in [6, 6.07) is 8.64. The largest absolute Gasteiger partial charge is 0.487 e. The lowest BCUT2D eigenvalue weighted by Gasteiger charge is -2.06. The Hall–Kier alpha value is -1.03. The third kappa shape index (κ3) is 3.22. The summed E-state index contributed by atoms with van der Waals surface area (Å²) in [5.41, 5.74) is 0.529. The van der Waals surface area contributed by atoms with Crippen LogP contribution in [0.2, 0.25) is 9.36 Å². The first-order chi connectivity index (χ1) is 8.19. The van der Waals surface area contributed by atoms with Crippen LogP contribution in [-0.4, -0.2) is 6.29 Å². The van der Waals surface area contributed by atoms with Crippen LogP contribution in [0.15, 0.2) is 30.3 Å². The first-order valence-corrected chi connectivity index (χ1v) is 6.38. The van der Waals surface area contributed by atoms with Gasteiger partial charge in [-0.3, -0.25) is 4.79 Å². The van der Waals surface area contributed by atoms with Crippen LogP contribution in [0.1, 0.15) is 15.2 Å². The van der Waals surface area contributed by atoms with Crippen molar-refractivity contribution in [1.29, 1.82) is 0 Å². The Kier molecular flexibility index (Phi) is 4.05. The molecule has 0 N–H and O–H groups in total. The second kappa shape index (κ2) is 5.54. The van der Waals surface area contributed by atoms with Gasteiger partial charge < -0.3 is 4.74 Å². The summed E-state index contributed by atoms with van der Waals surface area (Å²) in [4.78, 5) is 11.6. The van der Waals surface area contributed by atoms with E-state index in [0.717, 1.165) is 15.5 Å². The highest BCUT2D eigenvalue weighted by Gasteiger charge is 2.04. The van der Waals surface area contributed by atoms with Crippen LogP contribution < -0.4 is 4.74 Å². The summed E-state index contributed by atoms with van der Waals surface area (Å²) in [5.74, 6) is 0.557. The Balaban J connectivity index is 2.06. The van der Waals surface area contributed by atoms with Crippen molar-refractivity contribution in [2.24, 2.45) is 0 Å². The van der Waals surface area contributed by atoms with Gasteiger partial charge in [0.05, 0.1) is 9.36 Å². The number of benzene rings is 1. The molecule has 0 saturated carbocycles. The van der Waals surface area contributed by atoms with Crippen LogP contribution in [-0.2, 0) is 6.61 Å². The smallest absolute Gasteiger partial charge is 0.150 e. The minimum absolute atomic E-state index is 0.414. The molecule has 0 saturated heterocycles. The lowest BCUT2D eigenvalue weighted by atomic mass is 10.2. The topological polar surface area (TPSA) is 26.3 Å². The van der Waals surface area contributed by atoms with Crippen molar-refractivity contribution in [1.82, 2.24) is 0 Å². The third-order valence-corrected chi connectivity index (χ3v) is 3.59. The van der Waals surface area contributed by atoms with Crippen molar-refractivity contribution in [2.45, 2.75) is 6.61 Å². The van der Waals surface area contributed by atoms with Crippen LogP contribution >= 0.6 is 34.5 Å². The van der Waals surface area contributed by atoms with E-state index in [2.05, 4.69) is 0 Å². The lowest BCUT2D eigenvalue weighted by Crippen LogP contribution is -1.94. The zero-order valence-electron chi connectivity index (χ0n) is 8.65. The second-order valence-electron chi connectivity index (χ2n) is 3.30. The molecule has 1 aromatic carbocycles. The fourth-order valence-electron chi connectivity index (χ4n) is 1.29. The molecular formula is C12H8Cl2O2S. The quantitative estimate of drug-likeness (QED) is 0.777. The van der Waals surface area contributed by atoms with Gasteiger partial charge in [-0.25, -0.2) is 0 Å². The number of hydrogen-bond donors (Lipinski definition) is 0. The first-order valence-electron chi connectivity index (χ1n) is 4.81. The molecule has 88 valence electrons. The minimum atomic E-state index is 0.414. The Bertz CT molecular complexity index is 537. The van der Waals surface area contributed by atoms with Crippen molar-refractivity contribution in [3.05, 3.63) is 50.1 Å². The first kappa shape index (κ1) is 12.4. The highest BCUT2D eigenvalue weighted by Crippen LogP contribution is 2.27. The van der Waals surface area contributed by atoms with E-state index in [0.29, 0.717) is 22.9 Å². The molecular weight excluding hydrogens is 279 g/mol. The van der Waals surface area contributed by atoms with Gasteiger partial charge in [-0.2, -0.15) is 0 Å². The van der Waals surface area contributed by atoms with Gasteiger partial charge in [0.1, 0.15) is 18.6 Å². The number of halogens is 2. The average molecular weight is 287 g/mol. The number of aldehydes is 1. The van der Waals surface area contributed by atoms with E-state index in [1.165, 1.54) is 11.3 Å². The van der Waals surface area contributed by atoms with E-state index in [1.807, 2.05) is 12.1 Å². The third-order valence-electron chi connectivity index (χ3n) is 2.09. The Labute approximate surface area is 113 Å². The summed E-state index contributed by atoms with van der Waals surface area (Å²) < 4.78 is 6.27. The van der Waals surface area contributed by atoms with E-state index in [-0.39, 0.29) is 0 Å². The summed E-state index contributed by atoms with van der Waals surface area (Å²) >= 11 is 13.2. The number of rotatable bonds is 4. The molecule has 1 heterocycles. The van der Waals surface area contributed by atoms with E-state index in [9.17, 15) is 4.79 Å². The van der Waals surface area contributed by atoms with Gasteiger partial charge >= 0.3 is 0 Å². The van der Waals surface area contributed by atoms with Crippen molar-refractivity contribution in [2.75, 3.05) is 0 Å². The van der Waals surface area contributed by atoms with E-state index in [4.69, 9.17) is 27.9 Å². The van der Waals surface area contributed by atoms with Gasteiger partial charge in [0.25, 0.3) is 0 Å². The zero-order chi connectivity index (χ0) is 12.3. The van der Waals surface area contributed by atoms with Crippen molar-refractivity contribution in [3.8, 4) is 5.75 Å².